The average molecular weight is 348 g/mol. The quantitative estimate of drug-likeness (QED) is 0.665. The van der Waals surface area contributed by atoms with Gasteiger partial charge < -0.3 is 5.11 Å². The summed E-state index contributed by atoms with van der Waals surface area (Å²) in [4.78, 5) is 7.68. The fourth-order valence-corrected chi connectivity index (χ4v) is 3.76. The maximum atomic E-state index is 9.96. The number of thiophene rings is 1. The molecule has 4 heteroatoms. The molecule has 0 bridgehead atoms. The molecule has 1 N–H and O–H groups in total. The zero-order valence-electron chi connectivity index (χ0n) is 15.3. The average Bonchev–Trinajstić information content (AvgIpc) is 3.08. The number of hydrogen-bond acceptors (Lipinski definition) is 4. The summed E-state index contributed by atoms with van der Waals surface area (Å²) < 4.78 is 0. The van der Waals surface area contributed by atoms with Gasteiger partial charge in [-0.1, -0.05) is 50.2 Å². The van der Waals surface area contributed by atoms with Crippen molar-refractivity contribution in [1.82, 2.24) is 5.06 Å². The van der Waals surface area contributed by atoms with Crippen LogP contribution in [0.4, 0.5) is 0 Å². The second-order valence-corrected chi connectivity index (χ2v) is 8.14. The van der Waals surface area contributed by atoms with E-state index in [4.69, 9.17) is 4.84 Å². The summed E-state index contributed by atoms with van der Waals surface area (Å²) in [6, 6.07) is 14.5. The SMILES string of the molecule is CC(ON(C(c1cccs1)C(C)C)C(C)(C)CO)c1ccccc1. The summed E-state index contributed by atoms with van der Waals surface area (Å²) in [6.07, 6.45) is -0.0850. The Labute approximate surface area is 149 Å². The molecule has 2 aromatic rings. The van der Waals surface area contributed by atoms with Crippen molar-refractivity contribution in [3.63, 3.8) is 0 Å². The largest absolute Gasteiger partial charge is 0.394 e. The van der Waals surface area contributed by atoms with Gasteiger partial charge in [0.25, 0.3) is 0 Å². The van der Waals surface area contributed by atoms with E-state index >= 15 is 0 Å². The Balaban J connectivity index is 2.34. The van der Waals surface area contributed by atoms with E-state index < -0.39 is 5.54 Å². The Morgan fingerprint density at radius 1 is 1.08 bits per heavy atom. The lowest BCUT2D eigenvalue weighted by molar-refractivity contribution is -0.281. The number of rotatable bonds is 8. The normalized spacial score (nSPS) is 15.0. The van der Waals surface area contributed by atoms with Gasteiger partial charge in [-0.15, -0.1) is 11.3 Å². The Morgan fingerprint density at radius 3 is 2.25 bits per heavy atom. The molecule has 0 aliphatic rings. The second kappa shape index (κ2) is 8.26. The fraction of sp³-hybridized carbons (Fsp3) is 0.500. The van der Waals surface area contributed by atoms with Gasteiger partial charge in [0.05, 0.1) is 18.2 Å². The van der Waals surface area contributed by atoms with Crippen molar-refractivity contribution in [1.29, 1.82) is 0 Å². The zero-order chi connectivity index (χ0) is 17.7. The molecule has 2 rings (SSSR count). The topological polar surface area (TPSA) is 32.7 Å². The summed E-state index contributed by atoms with van der Waals surface area (Å²) in [7, 11) is 0. The first-order valence-corrected chi connectivity index (χ1v) is 9.40. The second-order valence-electron chi connectivity index (χ2n) is 7.16. The molecule has 0 saturated carbocycles. The molecule has 2 atom stereocenters. The van der Waals surface area contributed by atoms with Gasteiger partial charge in [-0.05, 0) is 43.7 Å². The minimum Gasteiger partial charge on any atom is -0.394 e. The van der Waals surface area contributed by atoms with Gasteiger partial charge in [-0.2, -0.15) is 5.06 Å². The van der Waals surface area contributed by atoms with E-state index in [1.165, 1.54) is 4.88 Å². The number of nitrogens with zero attached hydrogens (tertiary/aromatic N) is 1. The number of aliphatic hydroxyl groups excluding tert-OH is 1. The highest BCUT2D eigenvalue weighted by atomic mass is 32.1. The highest BCUT2D eigenvalue weighted by molar-refractivity contribution is 7.10. The number of hydroxylamine groups is 2. The molecule has 0 aliphatic carbocycles. The predicted molar refractivity (Wildman–Crippen MR) is 101 cm³/mol. The summed E-state index contributed by atoms with van der Waals surface area (Å²) in [5.74, 6) is 0.359. The van der Waals surface area contributed by atoms with Gasteiger partial charge in [0.1, 0.15) is 6.10 Å². The van der Waals surface area contributed by atoms with E-state index in [0.717, 1.165) is 5.56 Å². The van der Waals surface area contributed by atoms with Crippen LogP contribution in [-0.4, -0.2) is 22.3 Å². The van der Waals surface area contributed by atoms with Crippen molar-refractivity contribution in [3.05, 3.63) is 58.3 Å². The van der Waals surface area contributed by atoms with Gasteiger partial charge in [-0.25, -0.2) is 0 Å². The monoisotopic (exact) mass is 347 g/mol. The van der Waals surface area contributed by atoms with Crippen LogP contribution < -0.4 is 0 Å². The highest BCUT2D eigenvalue weighted by Gasteiger charge is 2.37. The Bertz CT molecular complexity index is 595. The third kappa shape index (κ3) is 4.45. The van der Waals surface area contributed by atoms with Crippen molar-refractivity contribution < 1.29 is 9.94 Å². The lowest BCUT2D eigenvalue weighted by Gasteiger charge is -2.44. The van der Waals surface area contributed by atoms with Gasteiger partial charge in [0.15, 0.2) is 0 Å². The zero-order valence-corrected chi connectivity index (χ0v) is 16.1. The molecule has 132 valence electrons. The molecule has 3 nitrogen and oxygen atoms in total. The van der Waals surface area contributed by atoms with E-state index in [9.17, 15) is 5.11 Å². The number of benzene rings is 1. The van der Waals surface area contributed by atoms with E-state index in [1.54, 1.807) is 11.3 Å². The first-order valence-electron chi connectivity index (χ1n) is 8.52. The van der Waals surface area contributed by atoms with Gasteiger partial charge >= 0.3 is 0 Å². The molecule has 0 saturated heterocycles. The lowest BCUT2D eigenvalue weighted by atomic mass is 9.96. The minimum absolute atomic E-state index is 0.0309. The molecular formula is C20H29NO2S. The minimum atomic E-state index is -0.484. The van der Waals surface area contributed by atoms with Crippen LogP contribution in [0.3, 0.4) is 0 Å². The van der Waals surface area contributed by atoms with Crippen molar-refractivity contribution >= 4 is 11.3 Å². The van der Waals surface area contributed by atoms with Crippen LogP contribution in [0, 0.1) is 5.92 Å². The first-order chi connectivity index (χ1) is 11.4. The fourth-order valence-electron chi connectivity index (χ4n) is 2.78. The first kappa shape index (κ1) is 19.1. The van der Waals surface area contributed by atoms with Gasteiger partial charge in [-0.3, -0.25) is 4.84 Å². The lowest BCUT2D eigenvalue weighted by Crippen LogP contribution is -2.50. The summed E-state index contributed by atoms with van der Waals surface area (Å²) in [5, 5.41) is 14.1. The molecule has 0 spiro atoms. The Kier molecular flexibility index (Phi) is 6.58. The molecular weight excluding hydrogens is 318 g/mol. The van der Waals surface area contributed by atoms with Crippen LogP contribution in [0.5, 0.6) is 0 Å². The van der Waals surface area contributed by atoms with Crippen LogP contribution >= 0.6 is 11.3 Å². The molecule has 1 aromatic carbocycles. The van der Waals surface area contributed by atoms with Gasteiger partial charge in [0, 0.05) is 4.88 Å². The van der Waals surface area contributed by atoms with Crippen molar-refractivity contribution in [2.45, 2.75) is 52.3 Å². The number of aliphatic hydroxyl groups is 1. The highest BCUT2D eigenvalue weighted by Crippen LogP contribution is 2.38. The third-order valence-electron chi connectivity index (χ3n) is 4.24. The van der Waals surface area contributed by atoms with Crippen LogP contribution in [0.25, 0.3) is 0 Å². The molecule has 0 fully saturated rings. The summed E-state index contributed by atoms with van der Waals surface area (Å²) in [6.45, 7) is 10.5. The van der Waals surface area contributed by atoms with E-state index in [1.807, 2.05) is 37.1 Å². The van der Waals surface area contributed by atoms with Crippen LogP contribution in [0.2, 0.25) is 0 Å². The molecule has 1 heterocycles. The van der Waals surface area contributed by atoms with Crippen molar-refractivity contribution in [2.75, 3.05) is 6.61 Å². The molecule has 24 heavy (non-hydrogen) atoms. The third-order valence-corrected chi connectivity index (χ3v) is 5.19. The number of hydrogen-bond donors (Lipinski definition) is 1. The summed E-state index contributed by atoms with van der Waals surface area (Å²) in [5.41, 5.74) is 0.645. The predicted octanol–water partition coefficient (Wildman–Crippen LogP) is 5.21. The maximum absolute atomic E-state index is 9.96. The molecule has 0 aliphatic heterocycles. The molecule has 0 radical (unpaired) electrons. The van der Waals surface area contributed by atoms with Crippen LogP contribution in [-0.2, 0) is 4.84 Å². The summed E-state index contributed by atoms with van der Waals surface area (Å²) >= 11 is 1.73. The van der Waals surface area contributed by atoms with Crippen molar-refractivity contribution in [2.24, 2.45) is 5.92 Å². The van der Waals surface area contributed by atoms with Crippen molar-refractivity contribution in [3.8, 4) is 0 Å². The smallest absolute Gasteiger partial charge is 0.102 e. The van der Waals surface area contributed by atoms with Crippen LogP contribution in [0.15, 0.2) is 47.8 Å². The van der Waals surface area contributed by atoms with E-state index in [0.29, 0.717) is 5.92 Å². The van der Waals surface area contributed by atoms with E-state index in [2.05, 4.69) is 50.4 Å². The van der Waals surface area contributed by atoms with Crippen LogP contribution in [0.1, 0.15) is 57.2 Å². The van der Waals surface area contributed by atoms with Gasteiger partial charge in [0.2, 0.25) is 0 Å². The maximum Gasteiger partial charge on any atom is 0.102 e. The molecule has 1 aromatic heterocycles. The molecule has 0 amide bonds. The Hall–Kier alpha value is -1.20. The Morgan fingerprint density at radius 2 is 1.75 bits per heavy atom. The van der Waals surface area contributed by atoms with E-state index in [-0.39, 0.29) is 18.8 Å². The standard InChI is InChI=1S/C20H29NO2S/c1-15(2)19(18-12-9-13-24-18)21(20(4,5)14-22)23-16(3)17-10-7-6-8-11-17/h6-13,15-16,19,22H,14H2,1-5H3. The molecule has 2 unspecified atom stereocenters.